The van der Waals surface area contributed by atoms with Crippen LogP contribution in [0.15, 0.2) is 18.2 Å². The van der Waals surface area contributed by atoms with Gasteiger partial charge in [0.25, 0.3) is 0 Å². The minimum atomic E-state index is -0.745. The molecule has 0 fully saturated rings. The smallest absolute Gasteiger partial charge is 0.194 e. The molecule has 0 aliphatic rings. The predicted octanol–water partition coefficient (Wildman–Crippen LogP) is 4.87. The first-order valence-electron chi connectivity index (χ1n) is 8.14. The summed E-state index contributed by atoms with van der Waals surface area (Å²) in [6.45, 7) is 6.12. The second-order valence-corrected chi connectivity index (χ2v) is 5.53. The number of rotatable bonds is 10. The largest absolute Gasteiger partial charge is 0.465 e. The van der Waals surface area contributed by atoms with Crippen molar-refractivity contribution < 1.29 is 9.84 Å². The second-order valence-electron chi connectivity index (χ2n) is 5.53. The van der Waals surface area contributed by atoms with Crippen LogP contribution in [0.2, 0.25) is 0 Å². The number of hydrogen-bond acceptors (Lipinski definition) is 2. The van der Waals surface area contributed by atoms with Crippen molar-refractivity contribution in [3.63, 3.8) is 0 Å². The first-order valence-corrected chi connectivity index (χ1v) is 8.14. The van der Waals surface area contributed by atoms with Gasteiger partial charge in [0.1, 0.15) is 5.75 Å². The molecule has 0 heterocycles. The third kappa shape index (κ3) is 5.96. The van der Waals surface area contributed by atoms with E-state index in [9.17, 15) is 5.11 Å². The standard InChI is InChI=1S/C18H30O2/c1-4-6-8-11-16-12-10-14-18(20-15(3)19)17(16)13-9-7-5-2/h10,12,14-15,19H,4-9,11,13H2,1-3H3. The molecule has 0 aliphatic carbocycles. The van der Waals surface area contributed by atoms with Crippen LogP contribution in [0.25, 0.3) is 0 Å². The number of ether oxygens (including phenoxy) is 1. The van der Waals surface area contributed by atoms with E-state index in [1.165, 1.54) is 49.7 Å². The van der Waals surface area contributed by atoms with E-state index >= 15 is 0 Å². The first-order chi connectivity index (χ1) is 9.69. The summed E-state index contributed by atoms with van der Waals surface area (Å²) in [5, 5.41) is 9.48. The third-order valence-corrected chi connectivity index (χ3v) is 3.61. The van der Waals surface area contributed by atoms with Gasteiger partial charge in [-0.1, -0.05) is 51.7 Å². The van der Waals surface area contributed by atoms with Crippen molar-refractivity contribution in [1.82, 2.24) is 0 Å². The van der Waals surface area contributed by atoms with E-state index in [4.69, 9.17) is 4.74 Å². The number of aliphatic hydroxyl groups is 1. The second kappa shape index (κ2) is 9.82. The van der Waals surface area contributed by atoms with Crippen LogP contribution in [0, 0.1) is 0 Å². The van der Waals surface area contributed by atoms with Crippen molar-refractivity contribution in [2.24, 2.45) is 0 Å². The van der Waals surface area contributed by atoms with Gasteiger partial charge in [0.2, 0.25) is 0 Å². The molecule has 1 unspecified atom stereocenters. The van der Waals surface area contributed by atoms with Gasteiger partial charge in [-0.3, -0.25) is 0 Å². The number of unbranched alkanes of at least 4 members (excludes halogenated alkanes) is 4. The van der Waals surface area contributed by atoms with Gasteiger partial charge in [0.15, 0.2) is 6.29 Å². The third-order valence-electron chi connectivity index (χ3n) is 3.61. The van der Waals surface area contributed by atoms with Crippen molar-refractivity contribution in [3.05, 3.63) is 29.3 Å². The van der Waals surface area contributed by atoms with Crippen LogP contribution in [0.3, 0.4) is 0 Å². The van der Waals surface area contributed by atoms with E-state index in [1.54, 1.807) is 6.92 Å². The predicted molar refractivity (Wildman–Crippen MR) is 85.2 cm³/mol. The summed E-state index contributed by atoms with van der Waals surface area (Å²) in [5.41, 5.74) is 2.70. The lowest BCUT2D eigenvalue weighted by atomic mass is 9.96. The van der Waals surface area contributed by atoms with E-state index < -0.39 is 6.29 Å². The molecule has 2 nitrogen and oxygen atoms in total. The van der Waals surface area contributed by atoms with E-state index in [-0.39, 0.29) is 0 Å². The van der Waals surface area contributed by atoms with Crippen LogP contribution in [0.1, 0.15) is 70.4 Å². The van der Waals surface area contributed by atoms with Gasteiger partial charge in [-0.25, -0.2) is 0 Å². The zero-order valence-corrected chi connectivity index (χ0v) is 13.3. The van der Waals surface area contributed by atoms with Gasteiger partial charge in [0.05, 0.1) is 0 Å². The molecule has 1 aromatic carbocycles. The molecular formula is C18H30O2. The Bertz CT molecular complexity index is 372. The lowest BCUT2D eigenvalue weighted by Crippen LogP contribution is -2.12. The summed E-state index contributed by atoms with van der Waals surface area (Å²) >= 11 is 0. The number of aliphatic hydroxyl groups excluding tert-OH is 1. The average Bonchev–Trinajstić information content (AvgIpc) is 2.41. The fourth-order valence-electron chi connectivity index (χ4n) is 2.54. The zero-order chi connectivity index (χ0) is 14.8. The number of benzene rings is 1. The molecule has 0 amide bonds. The van der Waals surface area contributed by atoms with E-state index in [0.29, 0.717) is 0 Å². The summed E-state index contributed by atoms with van der Waals surface area (Å²) in [6, 6.07) is 6.24. The van der Waals surface area contributed by atoms with Gasteiger partial charge in [-0.05, 0) is 49.8 Å². The lowest BCUT2D eigenvalue weighted by Gasteiger charge is -2.17. The van der Waals surface area contributed by atoms with Crippen LogP contribution in [0.4, 0.5) is 0 Å². The monoisotopic (exact) mass is 278 g/mol. The maximum atomic E-state index is 9.48. The highest BCUT2D eigenvalue weighted by Gasteiger charge is 2.11. The van der Waals surface area contributed by atoms with Gasteiger partial charge < -0.3 is 9.84 Å². The van der Waals surface area contributed by atoms with Crippen LogP contribution >= 0.6 is 0 Å². The highest BCUT2D eigenvalue weighted by molar-refractivity contribution is 5.40. The topological polar surface area (TPSA) is 29.5 Å². The zero-order valence-electron chi connectivity index (χ0n) is 13.3. The van der Waals surface area contributed by atoms with Crippen LogP contribution in [0.5, 0.6) is 5.75 Å². The summed E-state index contributed by atoms with van der Waals surface area (Å²) in [6.07, 6.45) is 8.84. The Morgan fingerprint density at radius 3 is 2.25 bits per heavy atom. The highest BCUT2D eigenvalue weighted by Crippen LogP contribution is 2.27. The maximum Gasteiger partial charge on any atom is 0.194 e. The van der Waals surface area contributed by atoms with E-state index in [1.807, 2.05) is 12.1 Å². The van der Waals surface area contributed by atoms with Crippen LogP contribution in [-0.4, -0.2) is 11.4 Å². The number of hydrogen-bond donors (Lipinski definition) is 1. The molecule has 0 bridgehead atoms. The molecule has 1 rings (SSSR count). The molecule has 0 saturated carbocycles. The van der Waals surface area contributed by atoms with E-state index in [2.05, 4.69) is 19.9 Å². The summed E-state index contributed by atoms with van der Waals surface area (Å²) in [7, 11) is 0. The molecule has 20 heavy (non-hydrogen) atoms. The Morgan fingerprint density at radius 2 is 1.65 bits per heavy atom. The van der Waals surface area contributed by atoms with Gasteiger partial charge in [-0.15, -0.1) is 0 Å². The SMILES string of the molecule is CCCCCc1cccc(OC(C)O)c1CCCCC. The average molecular weight is 278 g/mol. The number of aryl methyl sites for hydroxylation is 1. The Morgan fingerprint density at radius 1 is 1.00 bits per heavy atom. The Balaban J connectivity index is 2.83. The van der Waals surface area contributed by atoms with Crippen LogP contribution < -0.4 is 4.74 Å². The minimum Gasteiger partial charge on any atom is -0.465 e. The molecule has 1 atom stereocenters. The molecular weight excluding hydrogens is 248 g/mol. The fourth-order valence-corrected chi connectivity index (χ4v) is 2.54. The van der Waals surface area contributed by atoms with E-state index in [0.717, 1.165) is 18.6 Å². The maximum absolute atomic E-state index is 9.48. The molecule has 0 spiro atoms. The van der Waals surface area contributed by atoms with Gasteiger partial charge in [0, 0.05) is 0 Å². The summed E-state index contributed by atoms with van der Waals surface area (Å²) < 4.78 is 5.58. The molecule has 0 radical (unpaired) electrons. The highest BCUT2D eigenvalue weighted by atomic mass is 16.6. The van der Waals surface area contributed by atoms with Crippen molar-refractivity contribution in [2.75, 3.05) is 0 Å². The van der Waals surface area contributed by atoms with Gasteiger partial charge in [-0.2, -0.15) is 0 Å². The molecule has 2 heteroatoms. The van der Waals surface area contributed by atoms with Crippen molar-refractivity contribution >= 4 is 0 Å². The van der Waals surface area contributed by atoms with Gasteiger partial charge >= 0.3 is 0 Å². The molecule has 0 aliphatic heterocycles. The molecule has 0 saturated heterocycles. The first kappa shape index (κ1) is 17.0. The molecule has 1 aromatic rings. The summed E-state index contributed by atoms with van der Waals surface area (Å²) in [5.74, 6) is 0.866. The molecule has 0 aromatic heterocycles. The lowest BCUT2D eigenvalue weighted by molar-refractivity contribution is -0.00107. The van der Waals surface area contributed by atoms with Crippen molar-refractivity contribution in [2.45, 2.75) is 78.4 Å². The van der Waals surface area contributed by atoms with Crippen LogP contribution in [-0.2, 0) is 12.8 Å². The van der Waals surface area contributed by atoms with Crippen molar-refractivity contribution in [1.29, 1.82) is 0 Å². The minimum absolute atomic E-state index is 0.745. The fraction of sp³-hybridized carbons (Fsp3) is 0.667. The summed E-state index contributed by atoms with van der Waals surface area (Å²) in [4.78, 5) is 0. The Labute approximate surface area is 124 Å². The van der Waals surface area contributed by atoms with Crippen molar-refractivity contribution in [3.8, 4) is 5.75 Å². The Kier molecular flexibility index (Phi) is 8.36. The quantitative estimate of drug-likeness (QED) is 0.489. The normalized spacial score (nSPS) is 12.4. The molecule has 1 N–H and O–H groups in total. The molecule has 114 valence electrons. The Hall–Kier alpha value is -1.02.